The van der Waals surface area contributed by atoms with Gasteiger partial charge in [-0.15, -0.1) is 0 Å². The molecular weight excluding hydrogens is 398 g/mol. The van der Waals surface area contributed by atoms with Crippen molar-refractivity contribution in [3.8, 4) is 11.5 Å². The fraction of sp³-hybridized carbons (Fsp3) is 0.107. The van der Waals surface area contributed by atoms with Crippen LogP contribution in [0, 0.1) is 13.8 Å². The number of carbonyl (C=O) groups is 1. The lowest BCUT2D eigenvalue weighted by atomic mass is 9.76. The van der Waals surface area contributed by atoms with Crippen molar-refractivity contribution >= 4 is 17.3 Å². The molecule has 0 saturated heterocycles. The summed E-state index contributed by atoms with van der Waals surface area (Å²) in [7, 11) is 0. The predicted molar refractivity (Wildman–Crippen MR) is 124 cm³/mol. The van der Waals surface area contributed by atoms with E-state index >= 15 is 0 Å². The van der Waals surface area contributed by atoms with Gasteiger partial charge in [-0.2, -0.15) is 0 Å². The number of carbonyl (C=O) groups excluding carboxylic acids is 1. The fourth-order valence-corrected chi connectivity index (χ4v) is 4.89. The molecule has 4 heteroatoms. The average Bonchev–Trinajstić information content (AvgIpc) is 3.11. The molecule has 0 bridgehead atoms. The first-order chi connectivity index (χ1) is 15.6. The minimum Gasteiger partial charge on any atom is -0.456 e. The molecule has 4 aromatic carbocycles. The zero-order chi connectivity index (χ0) is 21.9. The maximum Gasteiger partial charge on any atom is 0.340 e. The Morgan fingerprint density at radius 2 is 1.47 bits per heavy atom. The zero-order valence-corrected chi connectivity index (χ0v) is 17.8. The first-order valence-electron chi connectivity index (χ1n) is 10.7. The van der Waals surface area contributed by atoms with Crippen molar-refractivity contribution in [1.82, 2.24) is 0 Å². The average molecular weight is 419 g/mol. The summed E-state index contributed by atoms with van der Waals surface area (Å²) in [6.07, 6.45) is 0. The van der Waals surface area contributed by atoms with Crippen LogP contribution >= 0.6 is 0 Å². The Labute approximate surface area is 186 Å². The van der Waals surface area contributed by atoms with E-state index in [1.165, 1.54) is 0 Å². The van der Waals surface area contributed by atoms with E-state index in [0.29, 0.717) is 17.1 Å². The molecular formula is C28H21NO3. The minimum atomic E-state index is -1.09. The number of para-hydroxylation sites is 2. The van der Waals surface area contributed by atoms with Gasteiger partial charge in [-0.25, -0.2) is 4.79 Å². The lowest BCUT2D eigenvalue weighted by molar-refractivity contribution is 0.0225. The summed E-state index contributed by atoms with van der Waals surface area (Å²) in [4.78, 5) is 13.3. The van der Waals surface area contributed by atoms with E-state index in [-0.39, 0.29) is 5.97 Å². The summed E-state index contributed by atoms with van der Waals surface area (Å²) in [6, 6.07) is 27.7. The molecule has 32 heavy (non-hydrogen) atoms. The number of rotatable bonds is 2. The largest absolute Gasteiger partial charge is 0.456 e. The number of anilines is 2. The van der Waals surface area contributed by atoms with E-state index in [1.54, 1.807) is 0 Å². The van der Waals surface area contributed by atoms with E-state index in [2.05, 4.69) is 24.4 Å². The fourth-order valence-electron chi connectivity index (χ4n) is 4.89. The van der Waals surface area contributed by atoms with Crippen LogP contribution in [0.1, 0.15) is 38.2 Å². The molecule has 0 aliphatic carbocycles. The summed E-state index contributed by atoms with van der Waals surface area (Å²) in [5, 5.41) is 3.55. The number of hydrogen-bond acceptors (Lipinski definition) is 4. The Hall–Kier alpha value is -4.05. The Morgan fingerprint density at radius 3 is 2.16 bits per heavy atom. The van der Waals surface area contributed by atoms with Gasteiger partial charge in [0.2, 0.25) is 0 Å². The van der Waals surface area contributed by atoms with E-state index in [0.717, 1.165) is 39.2 Å². The van der Waals surface area contributed by atoms with Gasteiger partial charge in [0.15, 0.2) is 5.60 Å². The van der Waals surface area contributed by atoms with E-state index < -0.39 is 5.60 Å². The van der Waals surface area contributed by atoms with Crippen LogP contribution in [-0.4, -0.2) is 5.97 Å². The van der Waals surface area contributed by atoms with E-state index in [9.17, 15) is 4.79 Å². The number of hydrogen-bond donors (Lipinski definition) is 1. The van der Waals surface area contributed by atoms with E-state index in [1.807, 2.05) is 79.7 Å². The summed E-state index contributed by atoms with van der Waals surface area (Å²) in [5.74, 6) is 1.06. The summed E-state index contributed by atoms with van der Waals surface area (Å²) >= 11 is 0. The molecule has 0 saturated carbocycles. The summed E-state index contributed by atoms with van der Waals surface area (Å²) in [5.41, 5.74) is 5.83. The van der Waals surface area contributed by atoms with Crippen molar-refractivity contribution in [3.05, 3.63) is 118 Å². The van der Waals surface area contributed by atoms with Crippen LogP contribution in [-0.2, 0) is 10.3 Å². The predicted octanol–water partition coefficient (Wildman–Crippen LogP) is 6.62. The molecule has 2 heterocycles. The Balaban J connectivity index is 1.68. The molecule has 1 N–H and O–H groups in total. The number of fused-ring (bicyclic) bond motifs is 6. The molecule has 0 atom stereocenters. The van der Waals surface area contributed by atoms with Crippen LogP contribution in [0.25, 0.3) is 0 Å². The van der Waals surface area contributed by atoms with Crippen LogP contribution in [0.4, 0.5) is 11.4 Å². The lowest BCUT2D eigenvalue weighted by Crippen LogP contribution is -2.33. The second kappa shape index (κ2) is 6.72. The third kappa shape index (κ3) is 2.53. The molecule has 1 spiro atoms. The van der Waals surface area contributed by atoms with Crippen LogP contribution in [0.5, 0.6) is 11.5 Å². The van der Waals surface area contributed by atoms with Gasteiger partial charge in [0.05, 0.1) is 5.56 Å². The first kappa shape index (κ1) is 18.7. The number of nitrogens with one attached hydrogen (secondary N) is 1. The van der Waals surface area contributed by atoms with E-state index in [4.69, 9.17) is 9.47 Å². The zero-order valence-electron chi connectivity index (χ0n) is 17.8. The minimum absolute atomic E-state index is 0.322. The molecule has 4 nitrogen and oxygen atoms in total. The molecule has 0 unspecified atom stereocenters. The van der Waals surface area contributed by atoms with Crippen molar-refractivity contribution in [2.45, 2.75) is 19.4 Å². The van der Waals surface area contributed by atoms with Crippen LogP contribution in [0.2, 0.25) is 0 Å². The highest BCUT2D eigenvalue weighted by Gasteiger charge is 2.55. The second-order valence-corrected chi connectivity index (χ2v) is 8.34. The summed E-state index contributed by atoms with van der Waals surface area (Å²) < 4.78 is 12.5. The highest BCUT2D eigenvalue weighted by molar-refractivity contribution is 6.01. The lowest BCUT2D eigenvalue weighted by Gasteiger charge is -2.37. The molecule has 0 fully saturated rings. The monoisotopic (exact) mass is 419 g/mol. The summed E-state index contributed by atoms with van der Waals surface area (Å²) in [6.45, 7) is 4.01. The molecule has 2 aliphatic rings. The molecule has 0 aromatic heterocycles. The Kier molecular flexibility index (Phi) is 3.93. The third-order valence-electron chi connectivity index (χ3n) is 6.27. The second-order valence-electron chi connectivity index (χ2n) is 8.34. The molecule has 6 rings (SSSR count). The smallest absolute Gasteiger partial charge is 0.340 e. The van der Waals surface area contributed by atoms with Gasteiger partial charge in [-0.05, 0) is 55.3 Å². The standard InChI is InChI=1S/C28H21NO3/c1-17-8-7-9-19(16-17)29-22-15-14-18(2)25-26(22)28(32-27(25)30)20-10-3-5-12-23(20)31-24-13-6-4-11-21(24)28/h3-16,29H,1-2H3. The number of ether oxygens (including phenoxy) is 2. The first-order valence-corrected chi connectivity index (χ1v) is 10.7. The highest BCUT2D eigenvalue weighted by Crippen LogP contribution is 2.58. The van der Waals surface area contributed by atoms with Crippen molar-refractivity contribution in [2.75, 3.05) is 5.32 Å². The SMILES string of the molecule is Cc1cccc(Nc2ccc(C)c3c2C2(OC3=O)c3ccccc3Oc3ccccc32)c1. The van der Waals surface area contributed by atoms with Gasteiger partial charge in [-0.3, -0.25) is 0 Å². The molecule has 0 radical (unpaired) electrons. The van der Waals surface area contributed by atoms with Crippen LogP contribution < -0.4 is 10.1 Å². The maximum absolute atomic E-state index is 13.3. The van der Waals surface area contributed by atoms with Gasteiger partial charge in [0.1, 0.15) is 11.5 Å². The highest BCUT2D eigenvalue weighted by atomic mass is 16.6. The number of benzene rings is 4. The Morgan fingerprint density at radius 1 is 0.781 bits per heavy atom. The van der Waals surface area contributed by atoms with Crippen molar-refractivity contribution in [1.29, 1.82) is 0 Å². The van der Waals surface area contributed by atoms with Crippen molar-refractivity contribution in [2.24, 2.45) is 0 Å². The van der Waals surface area contributed by atoms with Gasteiger partial charge in [0.25, 0.3) is 0 Å². The maximum atomic E-state index is 13.3. The van der Waals surface area contributed by atoms with Crippen LogP contribution in [0.15, 0.2) is 84.9 Å². The van der Waals surface area contributed by atoms with Crippen molar-refractivity contribution in [3.63, 3.8) is 0 Å². The van der Waals surface area contributed by atoms with Gasteiger partial charge >= 0.3 is 5.97 Å². The topological polar surface area (TPSA) is 47.6 Å². The quantitative estimate of drug-likeness (QED) is 0.371. The van der Waals surface area contributed by atoms with Crippen molar-refractivity contribution < 1.29 is 14.3 Å². The molecule has 4 aromatic rings. The number of aryl methyl sites for hydroxylation is 2. The van der Waals surface area contributed by atoms with Gasteiger partial charge in [0, 0.05) is 28.1 Å². The van der Waals surface area contributed by atoms with Crippen LogP contribution in [0.3, 0.4) is 0 Å². The van der Waals surface area contributed by atoms with Gasteiger partial charge < -0.3 is 14.8 Å². The molecule has 2 aliphatic heterocycles. The normalized spacial score (nSPS) is 14.8. The molecule has 0 amide bonds. The third-order valence-corrected chi connectivity index (χ3v) is 6.27. The number of esters is 1. The molecule has 156 valence electrons. The Bertz CT molecular complexity index is 1360. The van der Waals surface area contributed by atoms with Gasteiger partial charge in [-0.1, -0.05) is 54.6 Å².